The minimum atomic E-state index is -3.92. The molecular weight excluding hydrogens is 532 g/mol. The molecule has 5 rings (SSSR count). The van der Waals surface area contributed by atoms with E-state index in [0.29, 0.717) is 41.7 Å². The van der Waals surface area contributed by atoms with Gasteiger partial charge in [0.25, 0.3) is 15.9 Å². The topological polar surface area (TPSA) is 186 Å². The van der Waals surface area contributed by atoms with Gasteiger partial charge in [-0.1, -0.05) is 12.1 Å². The number of carbonyl (C=O) groups is 1. The number of nitrogens with two attached hydrogens (primary N) is 1. The van der Waals surface area contributed by atoms with Gasteiger partial charge in [0.15, 0.2) is 0 Å². The third-order valence-electron chi connectivity index (χ3n) is 5.61. The summed E-state index contributed by atoms with van der Waals surface area (Å²) in [4.78, 5) is 30.4. The van der Waals surface area contributed by atoms with Gasteiger partial charge in [0.2, 0.25) is 11.9 Å². The molecule has 1 aliphatic heterocycles. The van der Waals surface area contributed by atoms with E-state index in [4.69, 9.17) is 15.7 Å². The SMILES string of the molecule is Nc1ncc(C2CN(c3ncc4sc(NS(=O)(=O)c5cccc(C=CC(=O)NO)c5)cc4n3)CCO2)cn1. The Morgan fingerprint density at radius 2 is 2.03 bits per heavy atom. The van der Waals surface area contributed by atoms with Crippen molar-refractivity contribution in [3.63, 3.8) is 0 Å². The maximum atomic E-state index is 13.0. The first-order chi connectivity index (χ1) is 18.3. The second-order valence-electron chi connectivity index (χ2n) is 8.20. The van der Waals surface area contributed by atoms with Crippen molar-refractivity contribution in [2.24, 2.45) is 0 Å². The highest BCUT2D eigenvalue weighted by atomic mass is 32.2. The zero-order valence-electron chi connectivity index (χ0n) is 19.7. The van der Waals surface area contributed by atoms with Crippen molar-refractivity contribution in [1.29, 1.82) is 0 Å². The molecule has 1 fully saturated rings. The Hall–Kier alpha value is -4.18. The van der Waals surface area contributed by atoms with E-state index in [1.807, 2.05) is 4.90 Å². The van der Waals surface area contributed by atoms with Gasteiger partial charge in [-0.2, -0.15) is 0 Å². The zero-order chi connectivity index (χ0) is 26.7. The predicted molar refractivity (Wildman–Crippen MR) is 141 cm³/mol. The summed E-state index contributed by atoms with van der Waals surface area (Å²) in [7, 11) is -3.92. The number of carbonyl (C=O) groups excluding carboxylic acids is 1. The quantitative estimate of drug-likeness (QED) is 0.149. The first-order valence-corrected chi connectivity index (χ1v) is 13.6. The van der Waals surface area contributed by atoms with E-state index in [-0.39, 0.29) is 16.9 Å². The number of amides is 1. The molecule has 15 heteroatoms. The van der Waals surface area contributed by atoms with Gasteiger partial charge in [-0.15, -0.1) is 11.3 Å². The molecule has 4 aromatic rings. The molecule has 3 aromatic heterocycles. The van der Waals surface area contributed by atoms with Gasteiger partial charge >= 0.3 is 0 Å². The van der Waals surface area contributed by atoms with Gasteiger partial charge in [0, 0.05) is 30.6 Å². The fourth-order valence-corrected chi connectivity index (χ4v) is 5.97. The molecule has 1 aliphatic rings. The highest BCUT2D eigenvalue weighted by molar-refractivity contribution is 7.93. The van der Waals surface area contributed by atoms with E-state index in [1.54, 1.807) is 36.8 Å². The Kier molecular flexibility index (Phi) is 7.15. The monoisotopic (exact) mass is 554 g/mol. The second-order valence-corrected chi connectivity index (χ2v) is 11.0. The third kappa shape index (κ3) is 5.70. The van der Waals surface area contributed by atoms with Crippen molar-refractivity contribution < 1.29 is 23.2 Å². The number of thiophene rings is 1. The van der Waals surface area contributed by atoms with Gasteiger partial charge in [-0.25, -0.2) is 33.8 Å². The lowest BCUT2D eigenvalue weighted by Gasteiger charge is -2.32. The fraction of sp³-hybridized carbons (Fsp3) is 0.174. The first kappa shape index (κ1) is 25.5. The van der Waals surface area contributed by atoms with Crippen molar-refractivity contribution in [2.45, 2.75) is 11.0 Å². The number of hydrogen-bond donors (Lipinski definition) is 4. The van der Waals surface area contributed by atoms with Crippen LogP contribution in [0.25, 0.3) is 16.3 Å². The molecule has 4 heterocycles. The molecule has 1 atom stereocenters. The smallest absolute Gasteiger partial charge is 0.267 e. The van der Waals surface area contributed by atoms with E-state index in [0.717, 1.165) is 16.3 Å². The van der Waals surface area contributed by atoms with E-state index in [2.05, 4.69) is 24.7 Å². The third-order valence-corrected chi connectivity index (χ3v) is 8.08. The number of hydroxylamine groups is 1. The van der Waals surface area contributed by atoms with Crippen LogP contribution in [0.15, 0.2) is 59.9 Å². The van der Waals surface area contributed by atoms with E-state index in [1.165, 1.54) is 35.0 Å². The normalized spacial score (nSPS) is 16.1. The van der Waals surface area contributed by atoms with Crippen LogP contribution >= 0.6 is 11.3 Å². The molecule has 1 saturated heterocycles. The van der Waals surface area contributed by atoms with Crippen molar-refractivity contribution in [1.82, 2.24) is 25.4 Å². The lowest BCUT2D eigenvalue weighted by Crippen LogP contribution is -2.39. The molecule has 13 nitrogen and oxygen atoms in total. The molecule has 1 unspecified atom stereocenters. The van der Waals surface area contributed by atoms with Gasteiger partial charge in [0.05, 0.1) is 34.5 Å². The highest BCUT2D eigenvalue weighted by Crippen LogP contribution is 2.32. The number of rotatable bonds is 7. The highest BCUT2D eigenvalue weighted by Gasteiger charge is 2.25. The Morgan fingerprint density at radius 3 is 2.82 bits per heavy atom. The lowest BCUT2D eigenvalue weighted by molar-refractivity contribution is -0.124. The van der Waals surface area contributed by atoms with Gasteiger partial charge in [-0.05, 0) is 29.8 Å². The molecule has 196 valence electrons. The first-order valence-electron chi connectivity index (χ1n) is 11.3. The average molecular weight is 555 g/mol. The standard InChI is InChI=1S/C23H22N8O5S2/c24-22-25-10-15(11-26-22)18-13-31(6-7-36-18)23-27-12-19-17(28-23)9-21(37-19)30-38(34,35)16-3-1-2-14(8-16)4-5-20(32)29-33/h1-5,8-12,18,30,33H,6-7,13H2,(H,29,32)(H2,24,25,26). The summed E-state index contributed by atoms with van der Waals surface area (Å²) in [5, 5.41) is 8.98. The zero-order valence-corrected chi connectivity index (χ0v) is 21.3. The van der Waals surface area contributed by atoms with Gasteiger partial charge < -0.3 is 15.4 Å². The van der Waals surface area contributed by atoms with E-state index < -0.39 is 15.9 Å². The van der Waals surface area contributed by atoms with Crippen molar-refractivity contribution in [2.75, 3.05) is 35.1 Å². The summed E-state index contributed by atoms with van der Waals surface area (Å²) >= 11 is 1.21. The Balaban J connectivity index is 1.33. The molecule has 5 N–H and O–H groups in total. The summed E-state index contributed by atoms with van der Waals surface area (Å²) in [6, 6.07) is 7.70. The number of benzene rings is 1. The van der Waals surface area contributed by atoms with Gasteiger partial charge in [0.1, 0.15) is 11.1 Å². The summed E-state index contributed by atoms with van der Waals surface area (Å²) < 4.78 is 35.2. The van der Waals surface area contributed by atoms with Crippen LogP contribution in [0, 0.1) is 0 Å². The second kappa shape index (κ2) is 10.7. The van der Waals surface area contributed by atoms with Crippen LogP contribution in [0.1, 0.15) is 17.2 Å². The number of anilines is 3. The Bertz CT molecular complexity index is 1610. The summed E-state index contributed by atoms with van der Waals surface area (Å²) in [5.74, 6) is -0.0366. The fourth-order valence-electron chi connectivity index (χ4n) is 3.76. The molecular formula is C23H22N8O5S2. The molecule has 1 aromatic carbocycles. The molecule has 0 aliphatic carbocycles. The minimum absolute atomic E-state index is 0.0132. The molecule has 0 bridgehead atoms. The van der Waals surface area contributed by atoms with Crippen molar-refractivity contribution in [3.8, 4) is 0 Å². The molecule has 0 spiro atoms. The van der Waals surface area contributed by atoms with Crippen molar-refractivity contribution >= 4 is 60.5 Å². The number of nitrogen functional groups attached to an aromatic ring is 1. The van der Waals surface area contributed by atoms with Crippen LogP contribution in [-0.4, -0.2) is 59.2 Å². The lowest BCUT2D eigenvalue weighted by atomic mass is 10.1. The summed E-state index contributed by atoms with van der Waals surface area (Å²) in [5.41, 5.74) is 8.92. The Morgan fingerprint density at radius 1 is 1.21 bits per heavy atom. The van der Waals surface area contributed by atoms with E-state index in [9.17, 15) is 13.2 Å². The van der Waals surface area contributed by atoms with Crippen LogP contribution in [0.3, 0.4) is 0 Å². The van der Waals surface area contributed by atoms with Crippen LogP contribution in [0.4, 0.5) is 16.9 Å². The number of aromatic nitrogens is 4. The number of nitrogens with zero attached hydrogens (tertiary/aromatic N) is 5. The van der Waals surface area contributed by atoms with Crippen LogP contribution in [0.2, 0.25) is 0 Å². The predicted octanol–water partition coefficient (Wildman–Crippen LogP) is 1.96. The summed E-state index contributed by atoms with van der Waals surface area (Å²) in [6.45, 7) is 1.55. The van der Waals surface area contributed by atoms with Crippen LogP contribution in [0.5, 0.6) is 0 Å². The average Bonchev–Trinajstić information content (AvgIpc) is 3.33. The number of hydrogen-bond acceptors (Lipinski definition) is 12. The molecule has 1 amide bonds. The Labute approximate surface area is 221 Å². The molecule has 0 saturated carbocycles. The van der Waals surface area contributed by atoms with Gasteiger partial charge in [-0.3, -0.25) is 14.7 Å². The summed E-state index contributed by atoms with van der Waals surface area (Å²) in [6.07, 6.45) is 7.14. The number of ether oxygens (including phenoxy) is 1. The van der Waals surface area contributed by atoms with Crippen LogP contribution in [-0.2, 0) is 19.6 Å². The number of sulfonamides is 1. The van der Waals surface area contributed by atoms with E-state index >= 15 is 0 Å². The number of fused-ring (bicyclic) bond motifs is 1. The molecule has 38 heavy (non-hydrogen) atoms. The minimum Gasteiger partial charge on any atom is -0.370 e. The van der Waals surface area contributed by atoms with Crippen molar-refractivity contribution in [3.05, 3.63) is 66.1 Å². The number of morpholine rings is 1. The number of nitrogens with one attached hydrogen (secondary N) is 2. The maximum absolute atomic E-state index is 13.0. The molecule has 0 radical (unpaired) electrons. The van der Waals surface area contributed by atoms with Crippen LogP contribution < -0.4 is 20.8 Å². The largest absolute Gasteiger partial charge is 0.370 e. The maximum Gasteiger partial charge on any atom is 0.267 e.